The second-order valence-corrected chi connectivity index (χ2v) is 4.21. The molecule has 0 radical (unpaired) electrons. The molecular formula is C14H13N3O3. The van der Waals surface area contributed by atoms with Gasteiger partial charge >= 0.3 is 0 Å². The third kappa shape index (κ3) is 2.50. The molecular weight excluding hydrogens is 258 g/mol. The maximum Gasteiger partial charge on any atom is 0.270 e. The molecule has 2 aromatic carbocycles. The van der Waals surface area contributed by atoms with Crippen LogP contribution >= 0.6 is 0 Å². The summed E-state index contributed by atoms with van der Waals surface area (Å²) in [6.07, 6.45) is 0. The molecule has 0 aliphatic heterocycles. The fourth-order valence-corrected chi connectivity index (χ4v) is 2.05. The van der Waals surface area contributed by atoms with Gasteiger partial charge < -0.3 is 11.5 Å². The summed E-state index contributed by atoms with van der Waals surface area (Å²) in [6.45, 7) is 0.297. The normalized spacial score (nSPS) is 10.2. The lowest BCUT2D eigenvalue weighted by molar-refractivity contribution is -0.384. The molecule has 4 N–H and O–H groups in total. The van der Waals surface area contributed by atoms with Gasteiger partial charge in [0.15, 0.2) is 0 Å². The van der Waals surface area contributed by atoms with Gasteiger partial charge in [0, 0.05) is 18.7 Å². The lowest BCUT2D eigenvalue weighted by Gasteiger charge is -2.11. The number of benzene rings is 2. The highest BCUT2D eigenvalue weighted by Gasteiger charge is 2.17. The second-order valence-electron chi connectivity index (χ2n) is 4.21. The van der Waals surface area contributed by atoms with Crippen LogP contribution in [-0.4, -0.2) is 10.8 Å². The van der Waals surface area contributed by atoms with E-state index in [1.165, 1.54) is 18.2 Å². The Hall–Kier alpha value is -2.73. The van der Waals surface area contributed by atoms with Crippen molar-refractivity contribution >= 4 is 11.6 Å². The van der Waals surface area contributed by atoms with Crippen molar-refractivity contribution in [1.29, 1.82) is 0 Å². The van der Waals surface area contributed by atoms with Crippen molar-refractivity contribution in [3.63, 3.8) is 0 Å². The van der Waals surface area contributed by atoms with E-state index in [4.69, 9.17) is 11.5 Å². The summed E-state index contributed by atoms with van der Waals surface area (Å²) in [5.74, 6) is -0.712. The highest BCUT2D eigenvalue weighted by Crippen LogP contribution is 2.29. The van der Waals surface area contributed by atoms with Crippen LogP contribution in [0.25, 0.3) is 11.1 Å². The highest BCUT2D eigenvalue weighted by molar-refractivity contribution is 6.00. The first-order chi connectivity index (χ1) is 9.54. The van der Waals surface area contributed by atoms with Crippen molar-refractivity contribution in [1.82, 2.24) is 0 Å². The van der Waals surface area contributed by atoms with Crippen LogP contribution in [0.2, 0.25) is 0 Å². The third-order valence-electron chi connectivity index (χ3n) is 3.01. The Labute approximate surface area is 115 Å². The average molecular weight is 271 g/mol. The quantitative estimate of drug-likeness (QED) is 0.652. The number of primary amides is 1. The lowest BCUT2D eigenvalue weighted by atomic mass is 9.94. The molecule has 6 nitrogen and oxygen atoms in total. The molecule has 6 heteroatoms. The first-order valence-electron chi connectivity index (χ1n) is 5.91. The Morgan fingerprint density at radius 2 is 1.85 bits per heavy atom. The van der Waals surface area contributed by atoms with E-state index in [1.807, 2.05) is 12.1 Å². The average Bonchev–Trinajstić information content (AvgIpc) is 2.46. The Morgan fingerprint density at radius 3 is 2.45 bits per heavy atom. The molecule has 0 aliphatic rings. The van der Waals surface area contributed by atoms with Crippen molar-refractivity contribution in [2.24, 2.45) is 11.5 Å². The summed E-state index contributed by atoms with van der Waals surface area (Å²) < 4.78 is 0. The van der Waals surface area contributed by atoms with Crippen LogP contribution in [0.5, 0.6) is 0 Å². The van der Waals surface area contributed by atoms with E-state index in [0.717, 1.165) is 11.1 Å². The molecule has 0 atom stereocenters. The van der Waals surface area contributed by atoms with Gasteiger partial charge in [-0.2, -0.15) is 0 Å². The number of hydrogen-bond acceptors (Lipinski definition) is 4. The van der Waals surface area contributed by atoms with Crippen molar-refractivity contribution in [2.75, 3.05) is 0 Å². The molecule has 0 heterocycles. The Kier molecular flexibility index (Phi) is 3.76. The van der Waals surface area contributed by atoms with Crippen LogP contribution in [0.15, 0.2) is 42.5 Å². The zero-order valence-electron chi connectivity index (χ0n) is 10.6. The van der Waals surface area contributed by atoms with Gasteiger partial charge in [-0.15, -0.1) is 0 Å². The van der Waals surface area contributed by atoms with Gasteiger partial charge in [0.05, 0.1) is 10.5 Å². The van der Waals surface area contributed by atoms with Gasteiger partial charge in [-0.1, -0.05) is 24.3 Å². The minimum atomic E-state index is -0.712. The maximum atomic E-state index is 11.5. The van der Waals surface area contributed by atoms with Crippen LogP contribution in [0.4, 0.5) is 5.69 Å². The van der Waals surface area contributed by atoms with Gasteiger partial charge in [-0.25, -0.2) is 0 Å². The number of carbonyl (C=O) groups is 1. The molecule has 0 saturated carbocycles. The number of amides is 1. The van der Waals surface area contributed by atoms with Crippen molar-refractivity contribution in [2.45, 2.75) is 6.54 Å². The molecule has 1 amide bonds. The molecule has 0 spiro atoms. The molecule has 102 valence electrons. The number of nitrogens with zero attached hydrogens (tertiary/aromatic N) is 1. The monoisotopic (exact) mass is 271 g/mol. The first-order valence-corrected chi connectivity index (χ1v) is 5.91. The predicted octanol–water partition coefficient (Wildman–Crippen LogP) is 1.82. The van der Waals surface area contributed by atoms with Crippen LogP contribution in [0, 0.1) is 10.1 Å². The number of rotatable bonds is 4. The number of nitro groups is 1. The van der Waals surface area contributed by atoms with Crippen molar-refractivity contribution in [3.8, 4) is 11.1 Å². The van der Waals surface area contributed by atoms with E-state index in [9.17, 15) is 14.9 Å². The maximum absolute atomic E-state index is 11.5. The number of hydrogen-bond donors (Lipinski definition) is 2. The number of nitrogens with two attached hydrogens (primary N) is 2. The van der Waals surface area contributed by atoms with Crippen LogP contribution < -0.4 is 11.5 Å². The first kappa shape index (κ1) is 13.7. The Balaban J connectivity index is 2.67. The smallest absolute Gasteiger partial charge is 0.270 e. The summed E-state index contributed by atoms with van der Waals surface area (Å²) in [7, 11) is 0. The third-order valence-corrected chi connectivity index (χ3v) is 3.01. The summed E-state index contributed by atoms with van der Waals surface area (Å²) >= 11 is 0. The standard InChI is InChI=1S/C14H13N3O3/c15-8-9-3-1-2-4-11(9)12-6-5-10(17(19)20)7-13(12)14(16)18/h1-7H,8,15H2,(H2,16,18). The fourth-order valence-electron chi connectivity index (χ4n) is 2.05. The van der Waals surface area contributed by atoms with Crippen molar-refractivity contribution in [3.05, 3.63) is 63.7 Å². The fraction of sp³-hybridized carbons (Fsp3) is 0.0714. The van der Waals surface area contributed by atoms with Crippen LogP contribution in [0.3, 0.4) is 0 Å². The van der Waals surface area contributed by atoms with E-state index in [0.29, 0.717) is 12.1 Å². The highest BCUT2D eigenvalue weighted by atomic mass is 16.6. The molecule has 0 aromatic heterocycles. The molecule has 0 saturated heterocycles. The van der Waals surface area contributed by atoms with E-state index >= 15 is 0 Å². The van der Waals surface area contributed by atoms with Crippen LogP contribution in [0.1, 0.15) is 15.9 Å². The molecule has 20 heavy (non-hydrogen) atoms. The minimum absolute atomic E-state index is 0.111. The van der Waals surface area contributed by atoms with Gasteiger partial charge in [0.25, 0.3) is 5.69 Å². The van der Waals surface area contributed by atoms with E-state index in [1.54, 1.807) is 12.1 Å². The summed E-state index contributed by atoms with van der Waals surface area (Å²) in [5.41, 5.74) is 13.1. The molecule has 0 aliphatic carbocycles. The van der Waals surface area contributed by atoms with E-state index in [2.05, 4.69) is 0 Å². The van der Waals surface area contributed by atoms with Crippen LogP contribution in [-0.2, 0) is 6.54 Å². The largest absolute Gasteiger partial charge is 0.366 e. The van der Waals surface area contributed by atoms with Gasteiger partial charge in [0.1, 0.15) is 0 Å². The lowest BCUT2D eigenvalue weighted by Crippen LogP contribution is -2.13. The zero-order chi connectivity index (χ0) is 14.7. The molecule has 2 rings (SSSR count). The van der Waals surface area contributed by atoms with Gasteiger partial charge in [-0.3, -0.25) is 14.9 Å². The number of non-ortho nitro benzene ring substituents is 1. The SMILES string of the molecule is NCc1ccccc1-c1ccc([N+](=O)[O-])cc1C(N)=O. The topological polar surface area (TPSA) is 112 Å². The van der Waals surface area contributed by atoms with E-state index < -0.39 is 10.8 Å². The molecule has 0 fully saturated rings. The number of nitro benzene ring substituents is 1. The molecule has 0 bridgehead atoms. The number of carbonyl (C=O) groups excluding carboxylic acids is 1. The summed E-state index contributed by atoms with van der Waals surface area (Å²) in [6, 6.07) is 11.3. The summed E-state index contributed by atoms with van der Waals surface area (Å²) in [5, 5.41) is 10.8. The molecule has 2 aromatic rings. The second kappa shape index (κ2) is 5.50. The predicted molar refractivity (Wildman–Crippen MR) is 74.9 cm³/mol. The Bertz CT molecular complexity index is 683. The van der Waals surface area contributed by atoms with Gasteiger partial charge in [0.2, 0.25) is 5.91 Å². The van der Waals surface area contributed by atoms with E-state index in [-0.39, 0.29) is 11.3 Å². The molecule has 0 unspecified atom stereocenters. The summed E-state index contributed by atoms with van der Waals surface area (Å²) in [4.78, 5) is 21.8. The zero-order valence-corrected chi connectivity index (χ0v) is 10.6. The van der Waals surface area contributed by atoms with Gasteiger partial charge in [-0.05, 0) is 22.8 Å². The minimum Gasteiger partial charge on any atom is -0.366 e. The van der Waals surface area contributed by atoms with Crippen molar-refractivity contribution < 1.29 is 9.72 Å². The Morgan fingerprint density at radius 1 is 1.15 bits per heavy atom.